The Labute approximate surface area is 156 Å². The molecule has 3 rings (SSSR count). The average molecular weight is 369 g/mol. The van der Waals surface area contributed by atoms with Gasteiger partial charge in [-0.3, -0.25) is 4.79 Å². The number of aromatic nitrogens is 2. The first kappa shape index (κ1) is 18.2. The molecule has 0 aliphatic rings. The van der Waals surface area contributed by atoms with Crippen LogP contribution in [-0.4, -0.2) is 36.5 Å². The molecule has 27 heavy (non-hydrogen) atoms. The van der Waals surface area contributed by atoms with Gasteiger partial charge in [-0.15, -0.1) is 0 Å². The van der Waals surface area contributed by atoms with E-state index in [4.69, 9.17) is 18.8 Å². The van der Waals surface area contributed by atoms with Crippen LogP contribution in [0.3, 0.4) is 0 Å². The van der Waals surface area contributed by atoms with E-state index in [-0.39, 0.29) is 12.4 Å². The van der Waals surface area contributed by atoms with Crippen molar-refractivity contribution in [2.75, 3.05) is 25.6 Å². The molecule has 0 saturated heterocycles. The molecule has 1 amide bonds. The predicted octanol–water partition coefficient (Wildman–Crippen LogP) is 3.16. The first-order chi connectivity index (χ1) is 13.2. The third-order valence-corrected chi connectivity index (χ3v) is 3.61. The summed E-state index contributed by atoms with van der Waals surface area (Å²) in [6, 6.07) is 14.3. The van der Waals surface area contributed by atoms with Gasteiger partial charge in [0, 0.05) is 5.56 Å². The maximum atomic E-state index is 12.2. The smallest absolute Gasteiger partial charge is 0.263 e. The maximum absolute atomic E-state index is 12.2. The zero-order valence-corrected chi connectivity index (χ0v) is 15.0. The van der Waals surface area contributed by atoms with E-state index in [0.29, 0.717) is 23.8 Å². The van der Waals surface area contributed by atoms with E-state index in [1.807, 2.05) is 37.3 Å². The number of anilines is 1. The van der Waals surface area contributed by atoms with Crippen LogP contribution in [0.25, 0.3) is 11.3 Å². The van der Waals surface area contributed by atoms with Crippen LogP contribution in [-0.2, 0) is 4.79 Å². The molecule has 0 atom stereocenters. The summed E-state index contributed by atoms with van der Waals surface area (Å²) in [7, 11) is 1.53. The Kier molecular flexibility index (Phi) is 5.88. The molecule has 0 fully saturated rings. The van der Waals surface area contributed by atoms with Crippen LogP contribution in [0, 0.1) is 0 Å². The van der Waals surface area contributed by atoms with E-state index in [0.717, 1.165) is 11.3 Å². The topological polar surface area (TPSA) is 95.7 Å². The fourth-order valence-corrected chi connectivity index (χ4v) is 2.39. The van der Waals surface area contributed by atoms with E-state index < -0.39 is 5.91 Å². The number of carbonyl (C=O) groups excluding carboxylic acids is 1. The summed E-state index contributed by atoms with van der Waals surface area (Å²) >= 11 is 0. The number of nitrogens with zero attached hydrogens (tertiary/aromatic N) is 2. The van der Waals surface area contributed by atoms with Crippen LogP contribution < -0.4 is 19.5 Å². The summed E-state index contributed by atoms with van der Waals surface area (Å²) in [6.07, 6.45) is 0. The summed E-state index contributed by atoms with van der Waals surface area (Å²) in [5.74, 6) is 1.58. The molecule has 0 spiro atoms. The van der Waals surface area contributed by atoms with E-state index in [9.17, 15) is 4.79 Å². The number of para-hydroxylation sites is 2. The maximum Gasteiger partial charge on any atom is 0.263 e. The highest BCUT2D eigenvalue weighted by Crippen LogP contribution is 2.27. The minimum absolute atomic E-state index is 0.212. The van der Waals surface area contributed by atoms with Crippen molar-refractivity contribution >= 4 is 11.7 Å². The Morgan fingerprint density at radius 1 is 1.04 bits per heavy atom. The molecule has 1 aromatic heterocycles. The van der Waals surface area contributed by atoms with Gasteiger partial charge in [0.05, 0.1) is 13.7 Å². The van der Waals surface area contributed by atoms with E-state index in [1.165, 1.54) is 7.11 Å². The van der Waals surface area contributed by atoms with E-state index in [1.54, 1.807) is 18.2 Å². The standard InChI is InChI=1S/C19H19N3O5/c1-3-25-14-10-8-13(9-11-14)18-19(22-27-21-18)20-17(23)12-26-16-7-5-4-6-15(16)24-2/h4-11H,3,12H2,1-2H3,(H,20,22,23). The number of ether oxygens (including phenoxy) is 3. The molecule has 1 N–H and O–H groups in total. The molecule has 0 radical (unpaired) electrons. The van der Waals surface area contributed by atoms with Gasteiger partial charge in [0.25, 0.3) is 5.91 Å². The predicted molar refractivity (Wildman–Crippen MR) is 98.0 cm³/mol. The van der Waals surface area contributed by atoms with Crippen molar-refractivity contribution in [1.82, 2.24) is 10.3 Å². The number of hydrogen-bond acceptors (Lipinski definition) is 7. The minimum atomic E-state index is -0.399. The van der Waals surface area contributed by atoms with Gasteiger partial charge in [0.15, 0.2) is 23.8 Å². The zero-order chi connectivity index (χ0) is 19.1. The quantitative estimate of drug-likeness (QED) is 0.651. The fourth-order valence-electron chi connectivity index (χ4n) is 2.39. The second kappa shape index (κ2) is 8.70. The van der Waals surface area contributed by atoms with Crippen LogP contribution in [0.15, 0.2) is 53.2 Å². The first-order valence-electron chi connectivity index (χ1n) is 8.32. The summed E-state index contributed by atoms with van der Waals surface area (Å²) in [6.45, 7) is 2.28. The molecule has 0 aliphatic heterocycles. The van der Waals surface area contributed by atoms with Gasteiger partial charge in [-0.2, -0.15) is 0 Å². The number of amides is 1. The Bertz CT molecular complexity index is 892. The van der Waals surface area contributed by atoms with Gasteiger partial charge in [-0.1, -0.05) is 12.1 Å². The lowest BCUT2D eigenvalue weighted by atomic mass is 10.1. The SMILES string of the molecule is CCOc1ccc(-c2nonc2NC(=O)COc2ccccc2OC)cc1. The lowest BCUT2D eigenvalue weighted by molar-refractivity contribution is -0.118. The van der Waals surface area contributed by atoms with Crippen molar-refractivity contribution in [3.63, 3.8) is 0 Å². The molecule has 0 bridgehead atoms. The van der Waals surface area contributed by atoms with Gasteiger partial charge in [0.1, 0.15) is 5.75 Å². The van der Waals surface area contributed by atoms with Crippen molar-refractivity contribution in [3.05, 3.63) is 48.5 Å². The third kappa shape index (κ3) is 4.55. The highest BCUT2D eigenvalue weighted by Gasteiger charge is 2.16. The lowest BCUT2D eigenvalue weighted by Gasteiger charge is -2.10. The molecule has 0 aliphatic carbocycles. The Morgan fingerprint density at radius 3 is 2.48 bits per heavy atom. The zero-order valence-electron chi connectivity index (χ0n) is 15.0. The molecule has 8 heteroatoms. The van der Waals surface area contributed by atoms with Crippen LogP contribution in [0.4, 0.5) is 5.82 Å². The van der Waals surface area contributed by atoms with Crippen molar-refractivity contribution in [2.24, 2.45) is 0 Å². The van der Waals surface area contributed by atoms with Gasteiger partial charge >= 0.3 is 0 Å². The Hall–Kier alpha value is -3.55. The third-order valence-electron chi connectivity index (χ3n) is 3.61. The largest absolute Gasteiger partial charge is 0.494 e. The second-order valence-corrected chi connectivity index (χ2v) is 5.41. The number of carbonyl (C=O) groups is 1. The second-order valence-electron chi connectivity index (χ2n) is 5.41. The van der Waals surface area contributed by atoms with E-state index >= 15 is 0 Å². The van der Waals surface area contributed by atoms with Gasteiger partial charge in [-0.05, 0) is 53.6 Å². The number of hydrogen-bond donors (Lipinski definition) is 1. The molecule has 1 heterocycles. The average Bonchev–Trinajstić information content (AvgIpc) is 3.15. The highest BCUT2D eigenvalue weighted by molar-refractivity contribution is 5.94. The molecular formula is C19H19N3O5. The van der Waals surface area contributed by atoms with Crippen LogP contribution in [0.2, 0.25) is 0 Å². The lowest BCUT2D eigenvalue weighted by Crippen LogP contribution is -2.20. The first-order valence-corrected chi connectivity index (χ1v) is 8.32. The van der Waals surface area contributed by atoms with Gasteiger partial charge in [0.2, 0.25) is 5.82 Å². The molecule has 140 valence electrons. The Balaban J connectivity index is 1.64. The van der Waals surface area contributed by atoms with Crippen LogP contribution in [0.1, 0.15) is 6.92 Å². The number of methoxy groups -OCH3 is 1. The monoisotopic (exact) mass is 369 g/mol. The molecule has 2 aromatic carbocycles. The number of nitrogens with one attached hydrogen (secondary N) is 1. The van der Waals surface area contributed by atoms with Crippen molar-refractivity contribution in [2.45, 2.75) is 6.92 Å². The highest BCUT2D eigenvalue weighted by atomic mass is 16.6. The fraction of sp³-hybridized carbons (Fsp3) is 0.211. The van der Waals surface area contributed by atoms with E-state index in [2.05, 4.69) is 15.6 Å². The summed E-state index contributed by atoms with van der Waals surface area (Å²) < 4.78 is 20.9. The van der Waals surface area contributed by atoms with Crippen LogP contribution >= 0.6 is 0 Å². The Morgan fingerprint density at radius 2 is 1.78 bits per heavy atom. The van der Waals surface area contributed by atoms with Gasteiger partial charge < -0.3 is 19.5 Å². The number of benzene rings is 2. The minimum Gasteiger partial charge on any atom is -0.494 e. The van der Waals surface area contributed by atoms with Crippen molar-refractivity contribution in [3.8, 4) is 28.5 Å². The molecule has 3 aromatic rings. The molecular weight excluding hydrogens is 350 g/mol. The molecule has 8 nitrogen and oxygen atoms in total. The summed E-state index contributed by atoms with van der Waals surface area (Å²) in [5.41, 5.74) is 1.16. The normalized spacial score (nSPS) is 10.3. The summed E-state index contributed by atoms with van der Waals surface area (Å²) in [4.78, 5) is 12.2. The van der Waals surface area contributed by atoms with Gasteiger partial charge in [-0.25, -0.2) is 4.63 Å². The van der Waals surface area contributed by atoms with Crippen molar-refractivity contribution < 1.29 is 23.6 Å². The molecule has 0 saturated carbocycles. The van der Waals surface area contributed by atoms with Crippen LogP contribution in [0.5, 0.6) is 17.2 Å². The van der Waals surface area contributed by atoms with Crippen molar-refractivity contribution in [1.29, 1.82) is 0 Å². The summed E-state index contributed by atoms with van der Waals surface area (Å²) in [5, 5.41) is 10.2. The number of rotatable bonds is 8. The molecule has 0 unspecified atom stereocenters.